The molecule has 0 saturated carbocycles. The number of carbonyl (C=O) groups is 1. The zero-order valence-corrected chi connectivity index (χ0v) is 11.5. The second-order valence-corrected chi connectivity index (χ2v) is 4.78. The summed E-state index contributed by atoms with van der Waals surface area (Å²) in [6.45, 7) is 3.14. The number of amides is 1. The van der Waals surface area contributed by atoms with Gasteiger partial charge in [0.25, 0.3) is 5.91 Å². The van der Waals surface area contributed by atoms with Crippen molar-refractivity contribution in [3.8, 4) is 11.8 Å². The molecule has 0 bridgehead atoms. The monoisotopic (exact) mass is 290 g/mol. The second-order valence-electron chi connectivity index (χ2n) is 4.78. The van der Waals surface area contributed by atoms with Gasteiger partial charge in [-0.1, -0.05) is 5.92 Å². The van der Waals surface area contributed by atoms with Crippen LogP contribution in [-0.4, -0.2) is 31.8 Å². The van der Waals surface area contributed by atoms with Gasteiger partial charge in [0.1, 0.15) is 11.4 Å². The van der Waals surface area contributed by atoms with Gasteiger partial charge in [-0.15, -0.1) is 0 Å². The fraction of sp³-hybridized carbons (Fsp3) is 0.308. The van der Waals surface area contributed by atoms with E-state index in [9.17, 15) is 14.7 Å². The summed E-state index contributed by atoms with van der Waals surface area (Å²) in [5, 5.41) is 17.8. The van der Waals surface area contributed by atoms with Crippen molar-refractivity contribution in [2.24, 2.45) is 0 Å². The van der Waals surface area contributed by atoms with Crippen LogP contribution in [0.2, 0.25) is 0 Å². The molecule has 0 saturated heterocycles. The Morgan fingerprint density at radius 3 is 2.90 bits per heavy atom. The number of furan rings is 1. The quantitative estimate of drug-likeness (QED) is 0.580. The summed E-state index contributed by atoms with van der Waals surface area (Å²) in [6.07, 6.45) is 0. The lowest BCUT2D eigenvalue weighted by Crippen LogP contribution is -2.23. The molecule has 1 amide bonds. The van der Waals surface area contributed by atoms with E-state index in [1.54, 1.807) is 13.8 Å². The Balaban J connectivity index is 1.98. The summed E-state index contributed by atoms with van der Waals surface area (Å²) in [5.41, 5.74) is -1.58. The largest absolute Gasteiger partial charge is 0.443 e. The van der Waals surface area contributed by atoms with Crippen molar-refractivity contribution in [2.75, 3.05) is 0 Å². The fourth-order valence-corrected chi connectivity index (χ4v) is 1.38. The predicted molar refractivity (Wildman–Crippen MR) is 72.3 cm³/mol. The number of nitrogens with zero attached hydrogens (tertiary/aromatic N) is 1. The Hall–Kier alpha value is -2.79. The fourth-order valence-electron chi connectivity index (χ4n) is 1.38. The Labute approximate surface area is 119 Å². The number of carbonyl (C=O) groups excluding carboxylic acids is 1. The topological polar surface area (TPSA) is 124 Å². The van der Waals surface area contributed by atoms with Crippen LogP contribution >= 0.6 is 0 Å². The van der Waals surface area contributed by atoms with E-state index in [1.165, 1.54) is 12.1 Å². The van der Waals surface area contributed by atoms with Gasteiger partial charge in [0.05, 0.1) is 6.54 Å². The van der Waals surface area contributed by atoms with Crippen LogP contribution in [-0.2, 0) is 6.54 Å². The molecule has 0 radical (unpaired) electrons. The number of nitrogens with one attached hydrogen (secondary N) is 3. The van der Waals surface area contributed by atoms with Gasteiger partial charge >= 0.3 is 5.69 Å². The van der Waals surface area contributed by atoms with Crippen molar-refractivity contribution >= 4 is 5.91 Å². The number of aliphatic hydroxyl groups is 1. The van der Waals surface area contributed by atoms with E-state index in [0.717, 1.165) is 0 Å². The third-order valence-electron chi connectivity index (χ3n) is 2.29. The van der Waals surface area contributed by atoms with Crippen molar-refractivity contribution in [2.45, 2.75) is 26.0 Å². The van der Waals surface area contributed by atoms with Crippen molar-refractivity contribution < 1.29 is 14.3 Å². The van der Waals surface area contributed by atoms with E-state index in [0.29, 0.717) is 5.82 Å². The normalized spacial score (nSPS) is 10.8. The maximum Gasteiger partial charge on any atom is 0.340 e. The highest BCUT2D eigenvalue weighted by Crippen LogP contribution is 2.07. The average Bonchev–Trinajstić information content (AvgIpc) is 3.01. The molecule has 2 aromatic rings. The lowest BCUT2D eigenvalue weighted by atomic mass is 10.1. The van der Waals surface area contributed by atoms with Gasteiger partial charge in [0.2, 0.25) is 0 Å². The molecule has 0 aliphatic heterocycles. The first-order valence-corrected chi connectivity index (χ1v) is 6.11. The minimum absolute atomic E-state index is 0.0585. The van der Waals surface area contributed by atoms with Crippen LogP contribution in [0.15, 0.2) is 21.3 Å². The molecule has 2 heterocycles. The van der Waals surface area contributed by atoms with Crippen molar-refractivity contribution in [1.82, 2.24) is 20.5 Å². The first-order valence-electron chi connectivity index (χ1n) is 6.11. The number of rotatable bonds is 3. The maximum absolute atomic E-state index is 11.8. The standard InChI is InChI=1S/C13H14N4O4/c1-13(2,20)6-5-8-3-4-9(21-8)11(18)14-7-10-15-12(19)17-16-10/h3-4,20H,7H2,1-2H3,(H,14,18)(H2,15,16,17,19). The number of aromatic nitrogens is 3. The Morgan fingerprint density at radius 1 is 1.52 bits per heavy atom. The Morgan fingerprint density at radius 2 is 2.29 bits per heavy atom. The molecule has 0 aromatic carbocycles. The summed E-state index contributed by atoms with van der Waals surface area (Å²) in [6, 6.07) is 3.00. The number of aromatic amines is 2. The minimum atomic E-state index is -1.14. The van der Waals surface area contributed by atoms with Crippen LogP contribution in [0.3, 0.4) is 0 Å². The molecule has 21 heavy (non-hydrogen) atoms. The highest BCUT2D eigenvalue weighted by Gasteiger charge is 2.12. The zero-order valence-electron chi connectivity index (χ0n) is 11.5. The van der Waals surface area contributed by atoms with Gasteiger partial charge in [-0.05, 0) is 31.9 Å². The number of hydrogen-bond donors (Lipinski definition) is 4. The van der Waals surface area contributed by atoms with Crippen molar-refractivity contribution in [3.05, 3.63) is 40.0 Å². The summed E-state index contributed by atoms with van der Waals surface area (Å²) in [4.78, 5) is 25.0. The van der Waals surface area contributed by atoms with Gasteiger partial charge < -0.3 is 14.8 Å². The average molecular weight is 290 g/mol. The predicted octanol–water partition coefficient (Wildman–Crippen LogP) is -0.257. The Bertz CT molecular complexity index is 751. The summed E-state index contributed by atoms with van der Waals surface area (Å²) in [5.74, 6) is 5.40. The van der Waals surface area contributed by atoms with Crippen LogP contribution in [0.1, 0.15) is 36.0 Å². The molecule has 0 atom stereocenters. The molecule has 0 spiro atoms. The smallest absolute Gasteiger partial charge is 0.340 e. The molecule has 0 aliphatic rings. The van der Waals surface area contributed by atoms with Crippen LogP contribution in [0, 0.1) is 11.8 Å². The SMILES string of the molecule is CC(C)(O)C#Cc1ccc(C(=O)NCc2n[nH]c(=O)[nH]2)o1. The first-order chi connectivity index (χ1) is 9.83. The molecule has 4 N–H and O–H groups in total. The highest BCUT2D eigenvalue weighted by atomic mass is 16.3. The lowest BCUT2D eigenvalue weighted by Gasteiger charge is -2.05. The lowest BCUT2D eigenvalue weighted by molar-refractivity contribution is 0.0921. The molecule has 2 aromatic heterocycles. The van der Waals surface area contributed by atoms with Gasteiger partial charge in [-0.3, -0.25) is 9.78 Å². The summed E-state index contributed by atoms with van der Waals surface area (Å²) in [7, 11) is 0. The molecule has 8 heteroatoms. The number of H-pyrrole nitrogens is 2. The molecule has 2 rings (SSSR count). The first kappa shape index (κ1) is 14.6. The van der Waals surface area contributed by atoms with Gasteiger partial charge in [-0.2, -0.15) is 5.10 Å². The van der Waals surface area contributed by atoms with E-state index in [2.05, 4.69) is 32.3 Å². The summed E-state index contributed by atoms with van der Waals surface area (Å²) < 4.78 is 5.24. The third kappa shape index (κ3) is 4.36. The maximum atomic E-state index is 11.8. The highest BCUT2D eigenvalue weighted by molar-refractivity contribution is 5.91. The number of hydrogen-bond acceptors (Lipinski definition) is 5. The van der Waals surface area contributed by atoms with Crippen LogP contribution in [0.25, 0.3) is 0 Å². The molecule has 0 unspecified atom stereocenters. The van der Waals surface area contributed by atoms with E-state index >= 15 is 0 Å². The third-order valence-corrected chi connectivity index (χ3v) is 2.29. The van der Waals surface area contributed by atoms with E-state index in [-0.39, 0.29) is 18.1 Å². The van der Waals surface area contributed by atoms with Gasteiger partial charge in [-0.25, -0.2) is 9.89 Å². The van der Waals surface area contributed by atoms with Crippen LogP contribution in [0.4, 0.5) is 0 Å². The van der Waals surface area contributed by atoms with E-state index in [1.807, 2.05) is 0 Å². The molecule has 0 fully saturated rings. The summed E-state index contributed by atoms with van der Waals surface area (Å²) >= 11 is 0. The Kier molecular flexibility index (Phi) is 3.95. The second kappa shape index (κ2) is 5.68. The minimum Gasteiger partial charge on any atom is -0.443 e. The zero-order chi connectivity index (χ0) is 15.5. The van der Waals surface area contributed by atoms with Crippen LogP contribution in [0.5, 0.6) is 0 Å². The molecule has 0 aliphatic carbocycles. The molecular weight excluding hydrogens is 276 g/mol. The molecular formula is C13H14N4O4. The van der Waals surface area contributed by atoms with E-state index in [4.69, 9.17) is 4.42 Å². The van der Waals surface area contributed by atoms with Gasteiger partial charge in [0, 0.05) is 0 Å². The molecule has 110 valence electrons. The van der Waals surface area contributed by atoms with Crippen molar-refractivity contribution in [3.63, 3.8) is 0 Å². The molecule has 8 nitrogen and oxygen atoms in total. The van der Waals surface area contributed by atoms with Crippen molar-refractivity contribution in [1.29, 1.82) is 0 Å². The van der Waals surface area contributed by atoms with E-state index < -0.39 is 17.2 Å². The van der Waals surface area contributed by atoms with Gasteiger partial charge in [0.15, 0.2) is 11.5 Å². The van der Waals surface area contributed by atoms with Crippen LogP contribution < -0.4 is 11.0 Å².